The summed E-state index contributed by atoms with van der Waals surface area (Å²) in [6, 6.07) is 14.4. The second kappa shape index (κ2) is 7.55. The van der Waals surface area contributed by atoms with Gasteiger partial charge in [0.15, 0.2) is 0 Å². The Bertz CT molecular complexity index is 582. The number of ether oxygens (including phenoxy) is 1. The first-order chi connectivity index (χ1) is 10.1. The number of amides is 2. The molecule has 5 heteroatoms. The third-order valence-electron chi connectivity index (χ3n) is 2.78. The Morgan fingerprint density at radius 2 is 1.76 bits per heavy atom. The Hall–Kier alpha value is -2.20. The molecule has 0 aromatic heterocycles. The van der Waals surface area contributed by atoms with Crippen LogP contribution in [0, 0.1) is 6.92 Å². The second-order valence-electron chi connectivity index (χ2n) is 4.55. The van der Waals surface area contributed by atoms with Gasteiger partial charge in [-0.05, 0) is 43.3 Å². The quantitative estimate of drug-likeness (QED) is 0.824. The van der Waals surface area contributed by atoms with Crippen molar-refractivity contribution in [2.45, 2.75) is 6.92 Å². The largest absolute Gasteiger partial charge is 0.492 e. The predicted octanol–water partition coefficient (Wildman–Crippen LogP) is 3.85. The smallest absolute Gasteiger partial charge is 0.319 e. The molecular weight excluding hydrogens is 288 g/mol. The van der Waals surface area contributed by atoms with Crippen LogP contribution in [0.4, 0.5) is 10.5 Å². The average molecular weight is 305 g/mol. The van der Waals surface area contributed by atoms with E-state index in [0.29, 0.717) is 18.2 Å². The van der Waals surface area contributed by atoms with Crippen LogP contribution in [-0.2, 0) is 0 Å². The fourth-order valence-electron chi connectivity index (χ4n) is 1.68. The number of carbonyl (C=O) groups is 1. The van der Waals surface area contributed by atoms with Gasteiger partial charge in [0.05, 0.1) is 6.54 Å². The normalized spacial score (nSPS) is 10.0. The van der Waals surface area contributed by atoms with E-state index < -0.39 is 0 Å². The zero-order valence-electron chi connectivity index (χ0n) is 11.7. The van der Waals surface area contributed by atoms with E-state index in [4.69, 9.17) is 16.3 Å². The Labute approximate surface area is 129 Å². The van der Waals surface area contributed by atoms with E-state index >= 15 is 0 Å². The number of rotatable bonds is 5. The molecule has 0 unspecified atom stereocenters. The summed E-state index contributed by atoms with van der Waals surface area (Å²) in [5, 5.41) is 6.14. The lowest BCUT2D eigenvalue weighted by Crippen LogP contribution is -2.32. The third kappa shape index (κ3) is 5.36. The molecule has 110 valence electrons. The van der Waals surface area contributed by atoms with E-state index in [0.717, 1.165) is 17.0 Å². The molecule has 0 aliphatic carbocycles. The van der Waals surface area contributed by atoms with Crippen molar-refractivity contribution < 1.29 is 9.53 Å². The summed E-state index contributed by atoms with van der Waals surface area (Å²) in [6.07, 6.45) is 0. The molecule has 0 aliphatic rings. The molecule has 2 rings (SSSR count). The molecule has 21 heavy (non-hydrogen) atoms. The van der Waals surface area contributed by atoms with Crippen molar-refractivity contribution in [2.75, 3.05) is 18.5 Å². The van der Waals surface area contributed by atoms with Crippen LogP contribution in [0.2, 0.25) is 5.02 Å². The number of carbonyl (C=O) groups excluding carboxylic acids is 1. The summed E-state index contributed by atoms with van der Waals surface area (Å²) in [7, 11) is 0. The van der Waals surface area contributed by atoms with Gasteiger partial charge in [-0.25, -0.2) is 4.79 Å². The highest BCUT2D eigenvalue weighted by Crippen LogP contribution is 2.15. The third-order valence-corrected chi connectivity index (χ3v) is 3.03. The van der Waals surface area contributed by atoms with Crippen molar-refractivity contribution in [3.8, 4) is 5.75 Å². The Morgan fingerprint density at radius 3 is 2.43 bits per heavy atom. The number of benzene rings is 2. The molecule has 0 saturated carbocycles. The first-order valence-corrected chi connectivity index (χ1v) is 7.01. The van der Waals surface area contributed by atoms with Gasteiger partial charge < -0.3 is 15.4 Å². The molecule has 0 atom stereocenters. The minimum Gasteiger partial charge on any atom is -0.492 e. The molecule has 0 heterocycles. The molecule has 0 radical (unpaired) electrons. The lowest BCUT2D eigenvalue weighted by molar-refractivity contribution is 0.247. The van der Waals surface area contributed by atoms with Crippen LogP contribution in [0.3, 0.4) is 0 Å². The van der Waals surface area contributed by atoms with Crippen LogP contribution in [-0.4, -0.2) is 19.2 Å². The molecule has 0 aliphatic heterocycles. The highest BCUT2D eigenvalue weighted by Gasteiger charge is 2.01. The summed E-state index contributed by atoms with van der Waals surface area (Å²) in [5.41, 5.74) is 1.91. The highest BCUT2D eigenvalue weighted by atomic mass is 35.5. The number of aryl methyl sites for hydroxylation is 1. The van der Waals surface area contributed by atoms with E-state index in [1.54, 1.807) is 24.3 Å². The number of hydrogen-bond donors (Lipinski definition) is 2. The maximum absolute atomic E-state index is 11.7. The second-order valence-corrected chi connectivity index (χ2v) is 4.99. The fourth-order valence-corrected chi connectivity index (χ4v) is 1.80. The van der Waals surface area contributed by atoms with E-state index in [9.17, 15) is 4.79 Å². The van der Waals surface area contributed by atoms with Crippen molar-refractivity contribution >= 4 is 23.3 Å². The minimum atomic E-state index is -0.251. The van der Waals surface area contributed by atoms with Gasteiger partial charge in [-0.1, -0.05) is 29.3 Å². The topological polar surface area (TPSA) is 50.4 Å². The van der Waals surface area contributed by atoms with Gasteiger partial charge in [0.2, 0.25) is 0 Å². The van der Waals surface area contributed by atoms with Crippen LogP contribution < -0.4 is 15.4 Å². The van der Waals surface area contributed by atoms with E-state index in [1.165, 1.54) is 0 Å². The van der Waals surface area contributed by atoms with Crippen LogP contribution in [0.15, 0.2) is 48.5 Å². The van der Waals surface area contributed by atoms with Gasteiger partial charge >= 0.3 is 6.03 Å². The lowest BCUT2D eigenvalue weighted by Gasteiger charge is -2.09. The molecular formula is C16H17ClN2O2. The van der Waals surface area contributed by atoms with Gasteiger partial charge in [-0.2, -0.15) is 0 Å². The summed E-state index contributed by atoms with van der Waals surface area (Å²) < 4.78 is 5.48. The fraction of sp³-hybridized carbons (Fsp3) is 0.188. The van der Waals surface area contributed by atoms with Gasteiger partial charge in [0, 0.05) is 10.7 Å². The van der Waals surface area contributed by atoms with Gasteiger partial charge in [0.1, 0.15) is 12.4 Å². The molecule has 0 bridgehead atoms. The molecule has 4 nitrogen and oxygen atoms in total. The van der Waals surface area contributed by atoms with Crippen molar-refractivity contribution in [1.82, 2.24) is 5.32 Å². The average Bonchev–Trinajstić information content (AvgIpc) is 2.48. The number of anilines is 1. The predicted molar refractivity (Wildman–Crippen MR) is 85.1 cm³/mol. The van der Waals surface area contributed by atoms with Crippen LogP contribution in [0.5, 0.6) is 5.75 Å². The SMILES string of the molecule is Cc1ccc(NC(=O)NCCOc2ccc(Cl)cc2)cc1. The Balaban J connectivity index is 1.67. The molecule has 0 spiro atoms. The van der Waals surface area contributed by atoms with Gasteiger partial charge in [-0.3, -0.25) is 0 Å². The summed E-state index contributed by atoms with van der Waals surface area (Å²) in [5.74, 6) is 0.722. The molecule has 2 aromatic rings. The Morgan fingerprint density at radius 1 is 1.10 bits per heavy atom. The van der Waals surface area contributed by atoms with Gasteiger partial charge in [0.25, 0.3) is 0 Å². The zero-order valence-corrected chi connectivity index (χ0v) is 12.5. The lowest BCUT2D eigenvalue weighted by atomic mass is 10.2. The van der Waals surface area contributed by atoms with Crippen molar-refractivity contribution in [2.24, 2.45) is 0 Å². The zero-order chi connectivity index (χ0) is 15.1. The summed E-state index contributed by atoms with van der Waals surface area (Å²) >= 11 is 5.78. The molecule has 2 aromatic carbocycles. The van der Waals surface area contributed by atoms with Gasteiger partial charge in [-0.15, -0.1) is 0 Å². The number of hydrogen-bond acceptors (Lipinski definition) is 2. The monoisotopic (exact) mass is 304 g/mol. The Kier molecular flexibility index (Phi) is 5.46. The maximum Gasteiger partial charge on any atom is 0.319 e. The van der Waals surface area contributed by atoms with Crippen LogP contribution >= 0.6 is 11.6 Å². The molecule has 2 amide bonds. The molecule has 2 N–H and O–H groups in total. The standard InChI is InChI=1S/C16H17ClN2O2/c1-12-2-6-14(7-3-12)19-16(20)18-10-11-21-15-8-4-13(17)5-9-15/h2-9H,10-11H2,1H3,(H2,18,19,20). The maximum atomic E-state index is 11.7. The van der Waals surface area contributed by atoms with E-state index in [2.05, 4.69) is 10.6 Å². The summed E-state index contributed by atoms with van der Waals surface area (Å²) in [4.78, 5) is 11.7. The van der Waals surface area contributed by atoms with Crippen molar-refractivity contribution in [3.63, 3.8) is 0 Å². The van der Waals surface area contributed by atoms with Crippen molar-refractivity contribution in [3.05, 3.63) is 59.1 Å². The van der Waals surface area contributed by atoms with E-state index in [1.807, 2.05) is 31.2 Å². The summed E-state index contributed by atoms with van der Waals surface area (Å²) in [6.45, 7) is 2.81. The van der Waals surface area contributed by atoms with Crippen molar-refractivity contribution in [1.29, 1.82) is 0 Å². The van der Waals surface area contributed by atoms with Crippen LogP contribution in [0.1, 0.15) is 5.56 Å². The number of urea groups is 1. The minimum absolute atomic E-state index is 0.251. The molecule has 0 fully saturated rings. The molecule has 0 saturated heterocycles. The highest BCUT2D eigenvalue weighted by molar-refractivity contribution is 6.30. The first kappa shape index (κ1) is 15.2. The first-order valence-electron chi connectivity index (χ1n) is 6.63. The van der Waals surface area contributed by atoms with Crippen LogP contribution in [0.25, 0.3) is 0 Å². The van der Waals surface area contributed by atoms with E-state index in [-0.39, 0.29) is 6.03 Å². The number of nitrogens with one attached hydrogen (secondary N) is 2. The number of halogens is 1.